The minimum atomic E-state index is -0.352. The number of nitrogens with one attached hydrogen (secondary N) is 1. The van der Waals surface area contributed by atoms with Crippen molar-refractivity contribution in [2.24, 2.45) is 0 Å². The van der Waals surface area contributed by atoms with E-state index in [1.165, 1.54) is 12.1 Å². The van der Waals surface area contributed by atoms with E-state index in [2.05, 4.69) is 5.32 Å². The average molecular weight is 261 g/mol. The van der Waals surface area contributed by atoms with Crippen LogP contribution in [0.1, 0.15) is 28.3 Å². The van der Waals surface area contributed by atoms with E-state index < -0.39 is 0 Å². The minimum absolute atomic E-state index is 0.272. The highest BCUT2D eigenvalue weighted by Gasteiger charge is 2.17. The summed E-state index contributed by atoms with van der Waals surface area (Å²) < 4.78 is 27.6. The molecule has 2 aromatic carbocycles. The zero-order chi connectivity index (χ0) is 14.0. The van der Waals surface area contributed by atoms with E-state index in [1.807, 2.05) is 13.0 Å². The highest BCUT2D eigenvalue weighted by Crippen LogP contribution is 2.26. The van der Waals surface area contributed by atoms with Gasteiger partial charge in [0.1, 0.15) is 11.6 Å². The molecule has 1 atom stereocenters. The molecule has 100 valence electrons. The molecule has 19 heavy (non-hydrogen) atoms. The summed E-state index contributed by atoms with van der Waals surface area (Å²) >= 11 is 0. The molecule has 0 aliphatic rings. The van der Waals surface area contributed by atoms with Crippen LogP contribution in [0.15, 0.2) is 36.4 Å². The fraction of sp³-hybridized carbons (Fsp3) is 0.250. The van der Waals surface area contributed by atoms with Crippen molar-refractivity contribution in [2.45, 2.75) is 19.9 Å². The molecular weight excluding hydrogens is 244 g/mol. The first-order valence-electron chi connectivity index (χ1n) is 6.22. The largest absolute Gasteiger partial charge is 0.309 e. The molecule has 0 aliphatic heterocycles. The maximum atomic E-state index is 13.9. The lowest BCUT2D eigenvalue weighted by Gasteiger charge is -2.19. The zero-order valence-corrected chi connectivity index (χ0v) is 11.3. The molecule has 0 saturated carbocycles. The monoisotopic (exact) mass is 261 g/mol. The first-order valence-corrected chi connectivity index (χ1v) is 6.22. The molecule has 1 nitrogen and oxygen atoms in total. The zero-order valence-electron chi connectivity index (χ0n) is 11.3. The summed E-state index contributed by atoms with van der Waals surface area (Å²) in [7, 11) is 1.74. The van der Waals surface area contributed by atoms with Gasteiger partial charge in [-0.15, -0.1) is 0 Å². The topological polar surface area (TPSA) is 12.0 Å². The van der Waals surface area contributed by atoms with Crippen molar-refractivity contribution < 1.29 is 8.78 Å². The second-order valence-electron chi connectivity index (χ2n) is 4.76. The molecular formula is C16H17F2N. The van der Waals surface area contributed by atoms with E-state index in [0.717, 1.165) is 11.1 Å². The van der Waals surface area contributed by atoms with Crippen LogP contribution in [0.4, 0.5) is 8.78 Å². The molecule has 0 bridgehead atoms. The Morgan fingerprint density at radius 1 is 0.947 bits per heavy atom. The van der Waals surface area contributed by atoms with Crippen molar-refractivity contribution in [3.63, 3.8) is 0 Å². The summed E-state index contributed by atoms with van der Waals surface area (Å²) in [6.45, 7) is 3.62. The van der Waals surface area contributed by atoms with E-state index >= 15 is 0 Å². The third kappa shape index (κ3) is 2.82. The fourth-order valence-corrected chi connectivity index (χ4v) is 2.17. The van der Waals surface area contributed by atoms with Crippen molar-refractivity contribution in [2.75, 3.05) is 7.05 Å². The number of benzene rings is 2. The SMILES string of the molecule is CNC(c1ccc(C)c(F)c1)c1cc(C)ccc1F. The number of hydrogen-bond acceptors (Lipinski definition) is 1. The van der Waals surface area contributed by atoms with Crippen molar-refractivity contribution in [3.05, 3.63) is 70.3 Å². The Labute approximate surface area is 112 Å². The maximum Gasteiger partial charge on any atom is 0.128 e. The molecule has 1 N–H and O–H groups in total. The molecule has 0 aliphatic carbocycles. The molecule has 2 rings (SSSR count). The van der Waals surface area contributed by atoms with Crippen LogP contribution in [-0.2, 0) is 0 Å². The molecule has 0 saturated heterocycles. The van der Waals surface area contributed by atoms with E-state index in [9.17, 15) is 8.78 Å². The van der Waals surface area contributed by atoms with Crippen LogP contribution in [0, 0.1) is 25.5 Å². The van der Waals surface area contributed by atoms with Gasteiger partial charge in [0.05, 0.1) is 6.04 Å². The quantitative estimate of drug-likeness (QED) is 0.883. The normalized spacial score (nSPS) is 12.5. The molecule has 0 aromatic heterocycles. The highest BCUT2D eigenvalue weighted by atomic mass is 19.1. The molecule has 2 aromatic rings. The molecule has 0 heterocycles. The average Bonchev–Trinajstić information content (AvgIpc) is 2.38. The smallest absolute Gasteiger partial charge is 0.128 e. The van der Waals surface area contributed by atoms with Crippen LogP contribution in [0.25, 0.3) is 0 Å². The van der Waals surface area contributed by atoms with Gasteiger partial charge in [-0.3, -0.25) is 0 Å². The summed E-state index contributed by atoms with van der Waals surface area (Å²) in [4.78, 5) is 0. The van der Waals surface area contributed by atoms with Gasteiger partial charge in [-0.25, -0.2) is 8.78 Å². The van der Waals surface area contributed by atoms with Gasteiger partial charge in [0.15, 0.2) is 0 Å². The van der Waals surface area contributed by atoms with Gasteiger partial charge in [-0.05, 0) is 44.2 Å². The Bertz CT molecular complexity index is 593. The molecule has 0 spiro atoms. The standard InChI is InChI=1S/C16H17F2N/c1-10-4-7-14(17)13(8-10)16(19-3)12-6-5-11(2)15(18)9-12/h4-9,16,19H,1-3H3. The summed E-state index contributed by atoms with van der Waals surface area (Å²) in [6.07, 6.45) is 0. The molecule has 0 radical (unpaired) electrons. The maximum absolute atomic E-state index is 13.9. The van der Waals surface area contributed by atoms with Crippen LogP contribution in [-0.4, -0.2) is 7.05 Å². The van der Waals surface area contributed by atoms with Crippen molar-refractivity contribution in [3.8, 4) is 0 Å². The predicted octanol–water partition coefficient (Wildman–Crippen LogP) is 3.89. The second-order valence-corrected chi connectivity index (χ2v) is 4.76. The fourth-order valence-electron chi connectivity index (χ4n) is 2.17. The first-order chi connectivity index (χ1) is 9.02. The van der Waals surface area contributed by atoms with Gasteiger partial charge < -0.3 is 5.32 Å². The van der Waals surface area contributed by atoms with E-state index in [0.29, 0.717) is 11.1 Å². The Morgan fingerprint density at radius 3 is 2.32 bits per heavy atom. The number of halogens is 2. The van der Waals surface area contributed by atoms with Crippen LogP contribution in [0.5, 0.6) is 0 Å². The number of aryl methyl sites for hydroxylation is 2. The van der Waals surface area contributed by atoms with Crippen molar-refractivity contribution in [1.82, 2.24) is 5.32 Å². The van der Waals surface area contributed by atoms with Gasteiger partial charge in [0.25, 0.3) is 0 Å². The third-order valence-corrected chi connectivity index (χ3v) is 3.28. The summed E-state index contributed by atoms with van der Waals surface area (Å²) in [5.74, 6) is -0.559. The van der Waals surface area contributed by atoms with Gasteiger partial charge >= 0.3 is 0 Å². The first kappa shape index (κ1) is 13.7. The summed E-state index contributed by atoms with van der Waals surface area (Å²) in [6, 6.07) is 9.59. The van der Waals surface area contributed by atoms with E-state index in [-0.39, 0.29) is 17.7 Å². The van der Waals surface area contributed by atoms with Crippen LogP contribution >= 0.6 is 0 Å². The van der Waals surface area contributed by atoms with Crippen LogP contribution in [0.2, 0.25) is 0 Å². The third-order valence-electron chi connectivity index (χ3n) is 3.28. The molecule has 0 fully saturated rings. The molecule has 3 heteroatoms. The Kier molecular flexibility index (Phi) is 3.96. The lowest BCUT2D eigenvalue weighted by Crippen LogP contribution is -2.19. The lowest BCUT2D eigenvalue weighted by atomic mass is 9.96. The second kappa shape index (κ2) is 5.49. The van der Waals surface area contributed by atoms with Crippen LogP contribution in [0.3, 0.4) is 0 Å². The Hall–Kier alpha value is -1.74. The van der Waals surface area contributed by atoms with Crippen LogP contribution < -0.4 is 5.32 Å². The lowest BCUT2D eigenvalue weighted by molar-refractivity contribution is 0.570. The van der Waals surface area contributed by atoms with E-state index in [1.54, 1.807) is 32.2 Å². The molecule has 0 amide bonds. The van der Waals surface area contributed by atoms with Crippen molar-refractivity contribution >= 4 is 0 Å². The predicted molar refractivity (Wildman–Crippen MR) is 73.2 cm³/mol. The Balaban J connectivity index is 2.49. The van der Waals surface area contributed by atoms with E-state index in [4.69, 9.17) is 0 Å². The van der Waals surface area contributed by atoms with Gasteiger partial charge in [-0.2, -0.15) is 0 Å². The minimum Gasteiger partial charge on any atom is -0.309 e. The summed E-state index contributed by atoms with van der Waals surface area (Å²) in [5, 5.41) is 3.04. The molecule has 1 unspecified atom stereocenters. The van der Waals surface area contributed by atoms with Gasteiger partial charge in [0, 0.05) is 5.56 Å². The summed E-state index contributed by atoms with van der Waals surface area (Å²) in [5.41, 5.74) is 2.81. The number of rotatable bonds is 3. The van der Waals surface area contributed by atoms with Gasteiger partial charge in [0.2, 0.25) is 0 Å². The van der Waals surface area contributed by atoms with Crippen molar-refractivity contribution in [1.29, 1.82) is 0 Å². The highest BCUT2D eigenvalue weighted by molar-refractivity contribution is 5.36. The number of hydrogen-bond donors (Lipinski definition) is 1. The van der Waals surface area contributed by atoms with Gasteiger partial charge in [-0.1, -0.05) is 29.8 Å². The Morgan fingerprint density at radius 2 is 1.68 bits per heavy atom.